The van der Waals surface area contributed by atoms with Crippen molar-refractivity contribution in [1.82, 2.24) is 25.1 Å². The first-order chi connectivity index (χ1) is 17.4. The first-order valence-electron chi connectivity index (χ1n) is 12.3. The second-order valence-electron chi connectivity index (χ2n) is 9.26. The Labute approximate surface area is 214 Å². The molecule has 3 heterocycles. The molecule has 1 unspecified atom stereocenters. The molecule has 0 saturated carbocycles. The first-order valence-corrected chi connectivity index (χ1v) is 13.3. The van der Waals surface area contributed by atoms with Crippen LogP contribution in [0.3, 0.4) is 0 Å². The van der Waals surface area contributed by atoms with Crippen molar-refractivity contribution < 1.29 is 14.0 Å². The number of aromatic nitrogens is 4. The summed E-state index contributed by atoms with van der Waals surface area (Å²) in [5, 5.41) is 12.4. The van der Waals surface area contributed by atoms with Crippen LogP contribution in [0.1, 0.15) is 33.6 Å². The lowest BCUT2D eigenvalue weighted by Gasteiger charge is -2.16. The van der Waals surface area contributed by atoms with Gasteiger partial charge in [-0.15, -0.1) is 0 Å². The molecule has 4 rings (SSSR count). The quantitative estimate of drug-likeness (QED) is 0.298. The van der Waals surface area contributed by atoms with Gasteiger partial charge in [0.15, 0.2) is 10.8 Å². The summed E-state index contributed by atoms with van der Waals surface area (Å²) < 4.78 is 15.0. The molecule has 1 saturated heterocycles. The fourth-order valence-corrected chi connectivity index (χ4v) is 4.67. The maximum absolute atomic E-state index is 13.2. The number of thioether (sulfide) groups is 1. The van der Waals surface area contributed by atoms with Crippen molar-refractivity contribution in [2.75, 3.05) is 35.6 Å². The topological polar surface area (TPSA) is 105 Å². The smallest absolute Gasteiger partial charge is 0.227 e. The number of fused-ring (bicyclic) bond motifs is 1. The van der Waals surface area contributed by atoms with E-state index >= 15 is 0 Å². The fourth-order valence-electron chi connectivity index (χ4n) is 3.98. The molecule has 1 fully saturated rings. The number of nitrogens with one attached hydrogen (secondary N) is 2. The van der Waals surface area contributed by atoms with Crippen molar-refractivity contribution >= 4 is 46.1 Å². The van der Waals surface area contributed by atoms with Crippen molar-refractivity contribution in [2.45, 2.75) is 45.3 Å². The van der Waals surface area contributed by atoms with E-state index in [-0.39, 0.29) is 30.6 Å². The summed E-state index contributed by atoms with van der Waals surface area (Å²) in [5.74, 6) is 1.01. The zero-order valence-corrected chi connectivity index (χ0v) is 21.6. The second-order valence-corrected chi connectivity index (χ2v) is 10.3. The van der Waals surface area contributed by atoms with Crippen LogP contribution in [-0.4, -0.2) is 56.9 Å². The van der Waals surface area contributed by atoms with E-state index in [2.05, 4.69) is 41.5 Å². The van der Waals surface area contributed by atoms with E-state index in [0.717, 1.165) is 35.6 Å². The van der Waals surface area contributed by atoms with Crippen LogP contribution in [0.2, 0.25) is 0 Å². The van der Waals surface area contributed by atoms with Crippen molar-refractivity contribution in [3.05, 3.63) is 36.3 Å². The van der Waals surface area contributed by atoms with Crippen molar-refractivity contribution in [3.8, 4) is 0 Å². The summed E-state index contributed by atoms with van der Waals surface area (Å²) in [7, 11) is 0. The van der Waals surface area contributed by atoms with E-state index in [0.29, 0.717) is 29.9 Å². The Bertz CT molecular complexity index is 1220. The Morgan fingerprint density at radius 2 is 2.03 bits per heavy atom. The number of halogens is 1. The van der Waals surface area contributed by atoms with Crippen molar-refractivity contribution in [3.63, 3.8) is 0 Å². The minimum absolute atomic E-state index is 0.129. The van der Waals surface area contributed by atoms with Gasteiger partial charge >= 0.3 is 0 Å². The van der Waals surface area contributed by atoms with Gasteiger partial charge in [-0.05, 0) is 36.6 Å². The number of hydrogen-bond donors (Lipinski definition) is 2. The van der Waals surface area contributed by atoms with Crippen LogP contribution in [0.5, 0.6) is 0 Å². The molecule has 9 nitrogen and oxygen atoms in total. The summed E-state index contributed by atoms with van der Waals surface area (Å²) in [4.78, 5) is 36.1. The normalized spacial score (nSPS) is 15.8. The third-order valence-corrected chi connectivity index (χ3v) is 6.90. The largest absolute Gasteiger partial charge is 0.369 e. The number of benzene rings is 1. The zero-order valence-electron chi connectivity index (χ0n) is 20.8. The highest BCUT2D eigenvalue weighted by atomic mass is 32.2. The van der Waals surface area contributed by atoms with Gasteiger partial charge in [-0.25, -0.2) is 19.0 Å². The van der Waals surface area contributed by atoms with Gasteiger partial charge in [0.2, 0.25) is 11.8 Å². The Hall–Kier alpha value is -3.21. The molecule has 1 aliphatic heterocycles. The third-order valence-electron chi connectivity index (χ3n) is 5.85. The number of anilines is 2. The summed E-state index contributed by atoms with van der Waals surface area (Å²) in [6, 6.07) is 5.72. The Kier molecular flexibility index (Phi) is 8.40. The van der Waals surface area contributed by atoms with Crippen LogP contribution in [-0.2, 0) is 16.1 Å². The maximum atomic E-state index is 13.2. The maximum Gasteiger partial charge on any atom is 0.227 e. The number of carbonyl (C=O) groups is 2. The summed E-state index contributed by atoms with van der Waals surface area (Å²) in [6.07, 6.45) is 2.91. The van der Waals surface area contributed by atoms with E-state index in [1.54, 1.807) is 34.8 Å². The molecule has 1 aliphatic rings. The molecule has 0 aliphatic carbocycles. The summed E-state index contributed by atoms with van der Waals surface area (Å²) in [5.41, 5.74) is 1.32. The second kappa shape index (κ2) is 11.7. The minimum Gasteiger partial charge on any atom is -0.369 e. The molecule has 2 amide bonds. The Balaban J connectivity index is 1.39. The van der Waals surface area contributed by atoms with Gasteiger partial charge in [0.25, 0.3) is 0 Å². The highest BCUT2D eigenvalue weighted by Gasteiger charge is 2.35. The molecule has 0 spiro atoms. The van der Waals surface area contributed by atoms with Crippen LogP contribution < -0.4 is 15.5 Å². The monoisotopic (exact) mass is 513 g/mol. The Morgan fingerprint density at radius 3 is 2.75 bits per heavy atom. The van der Waals surface area contributed by atoms with Gasteiger partial charge in [0.05, 0.1) is 24.0 Å². The van der Waals surface area contributed by atoms with E-state index in [1.807, 2.05) is 0 Å². The minimum atomic E-state index is -0.455. The highest BCUT2D eigenvalue weighted by molar-refractivity contribution is 7.99. The molecule has 36 heavy (non-hydrogen) atoms. The summed E-state index contributed by atoms with van der Waals surface area (Å²) in [6.45, 7) is 8.26. The van der Waals surface area contributed by atoms with Crippen LogP contribution in [0.4, 0.5) is 15.9 Å². The van der Waals surface area contributed by atoms with Gasteiger partial charge in [-0.3, -0.25) is 9.59 Å². The van der Waals surface area contributed by atoms with Gasteiger partial charge in [-0.1, -0.05) is 32.5 Å². The molecule has 0 bridgehead atoms. The number of carbonyl (C=O) groups excluding carboxylic acids is 2. The predicted molar refractivity (Wildman–Crippen MR) is 140 cm³/mol. The zero-order chi connectivity index (χ0) is 25.7. The molecule has 2 aromatic heterocycles. The SMILES string of the molecule is CCCSc1nc(NCC(C)C)c2cnn(CCNC(=O)C3CC(=O)N(c4ccc(F)cc4)C3)c2n1. The number of nitrogens with zero attached hydrogens (tertiary/aromatic N) is 5. The lowest BCUT2D eigenvalue weighted by molar-refractivity contribution is -0.126. The lowest BCUT2D eigenvalue weighted by atomic mass is 10.1. The van der Waals surface area contributed by atoms with E-state index in [9.17, 15) is 14.0 Å². The molecule has 192 valence electrons. The molecule has 0 radical (unpaired) electrons. The average Bonchev–Trinajstić information content (AvgIpc) is 3.45. The van der Waals surface area contributed by atoms with E-state index in [1.165, 1.54) is 17.0 Å². The molecule has 11 heteroatoms. The van der Waals surface area contributed by atoms with Crippen LogP contribution >= 0.6 is 11.8 Å². The lowest BCUT2D eigenvalue weighted by Crippen LogP contribution is -2.35. The third kappa shape index (κ3) is 6.13. The number of rotatable bonds is 11. The predicted octanol–water partition coefficient (Wildman–Crippen LogP) is 3.70. The first kappa shape index (κ1) is 25.9. The average molecular weight is 514 g/mol. The molecular weight excluding hydrogens is 481 g/mol. The van der Waals surface area contributed by atoms with Crippen LogP contribution in [0.25, 0.3) is 11.0 Å². The molecule has 3 aromatic rings. The van der Waals surface area contributed by atoms with E-state index in [4.69, 9.17) is 4.98 Å². The van der Waals surface area contributed by atoms with Crippen molar-refractivity contribution in [1.29, 1.82) is 0 Å². The van der Waals surface area contributed by atoms with Gasteiger partial charge in [-0.2, -0.15) is 5.10 Å². The fraction of sp³-hybridized carbons (Fsp3) is 0.480. The Morgan fingerprint density at radius 1 is 1.25 bits per heavy atom. The van der Waals surface area contributed by atoms with Gasteiger partial charge in [0.1, 0.15) is 11.6 Å². The highest BCUT2D eigenvalue weighted by Crippen LogP contribution is 2.26. The van der Waals surface area contributed by atoms with Crippen LogP contribution in [0, 0.1) is 17.7 Å². The number of amides is 2. The molecule has 2 N–H and O–H groups in total. The van der Waals surface area contributed by atoms with Crippen LogP contribution in [0.15, 0.2) is 35.6 Å². The number of hydrogen-bond acceptors (Lipinski definition) is 7. The standard InChI is InChI=1S/C25H32FN7O2S/c1-4-11-36-25-30-22(28-13-16(2)3)20-14-29-33(23(20)31-25)10-9-27-24(35)17-12-21(34)32(15-17)19-7-5-18(26)6-8-19/h5-8,14,16-17H,4,9-13,15H2,1-3H3,(H,27,35)(H,28,30,31). The van der Waals surface area contributed by atoms with Crippen molar-refractivity contribution in [2.24, 2.45) is 11.8 Å². The van der Waals surface area contributed by atoms with E-state index < -0.39 is 5.92 Å². The van der Waals surface area contributed by atoms with Gasteiger partial charge < -0.3 is 15.5 Å². The molecule has 1 aromatic carbocycles. The summed E-state index contributed by atoms with van der Waals surface area (Å²) >= 11 is 1.61. The molecule has 1 atom stereocenters. The van der Waals surface area contributed by atoms with Gasteiger partial charge in [0, 0.05) is 37.5 Å². The molecular formula is C25H32FN7O2S.